The van der Waals surface area contributed by atoms with Gasteiger partial charge in [0.15, 0.2) is 0 Å². The molecule has 15 heavy (non-hydrogen) atoms. The molecule has 1 nitrogen and oxygen atoms in total. The Bertz CT molecular complexity index is 163. The molecule has 0 aromatic rings. The maximum atomic E-state index is 3.59. The van der Waals surface area contributed by atoms with Crippen molar-refractivity contribution < 1.29 is 0 Å². The Hall–Kier alpha value is -0.0400. The van der Waals surface area contributed by atoms with Crippen LogP contribution in [0.3, 0.4) is 0 Å². The maximum Gasteiger partial charge on any atom is 0.000262 e. The van der Waals surface area contributed by atoms with Gasteiger partial charge in [0.1, 0.15) is 0 Å². The van der Waals surface area contributed by atoms with Crippen molar-refractivity contribution in [2.45, 2.75) is 61.3 Å². The Morgan fingerprint density at radius 3 is 1.93 bits per heavy atom. The molecule has 0 aliphatic carbocycles. The third-order valence-electron chi connectivity index (χ3n) is 2.62. The average Bonchev–Trinajstić information content (AvgIpc) is 1.93. The molecule has 0 amide bonds. The van der Waals surface area contributed by atoms with Gasteiger partial charge in [-0.3, -0.25) is 0 Å². The van der Waals surface area contributed by atoms with Crippen molar-refractivity contribution in [1.29, 1.82) is 0 Å². The summed E-state index contributed by atoms with van der Waals surface area (Å²) >= 11 is 0. The highest BCUT2D eigenvalue weighted by Gasteiger charge is 2.19. The van der Waals surface area contributed by atoms with Crippen LogP contribution in [0, 0.1) is 16.7 Å². The predicted molar refractivity (Wildman–Crippen MR) is 70.2 cm³/mol. The molecule has 0 atom stereocenters. The maximum absolute atomic E-state index is 3.59. The number of rotatable bonds is 6. The summed E-state index contributed by atoms with van der Waals surface area (Å²) in [6.45, 7) is 18.5. The van der Waals surface area contributed by atoms with Crippen LogP contribution in [0.2, 0.25) is 0 Å². The van der Waals surface area contributed by atoms with E-state index < -0.39 is 0 Å². The summed E-state index contributed by atoms with van der Waals surface area (Å²) in [5, 5.41) is 3.59. The first-order chi connectivity index (χ1) is 6.62. The van der Waals surface area contributed by atoms with E-state index in [1.54, 1.807) is 0 Å². The summed E-state index contributed by atoms with van der Waals surface area (Å²) in [6, 6.07) is 0. The second kappa shape index (κ2) is 5.89. The molecule has 0 spiro atoms. The first-order valence-corrected chi connectivity index (χ1v) is 6.33. The van der Waals surface area contributed by atoms with E-state index in [0.29, 0.717) is 10.8 Å². The van der Waals surface area contributed by atoms with Gasteiger partial charge in [0.25, 0.3) is 0 Å². The molecule has 0 aliphatic heterocycles. The largest absolute Gasteiger partial charge is 0.316 e. The highest BCUT2D eigenvalue weighted by Crippen LogP contribution is 2.24. The third kappa shape index (κ3) is 10.2. The van der Waals surface area contributed by atoms with Crippen molar-refractivity contribution >= 4 is 0 Å². The summed E-state index contributed by atoms with van der Waals surface area (Å²) in [5.74, 6) is 0.796. The fraction of sp³-hybridized carbons (Fsp3) is 1.00. The van der Waals surface area contributed by atoms with E-state index in [4.69, 9.17) is 0 Å². The lowest BCUT2D eigenvalue weighted by Gasteiger charge is -2.28. The predicted octanol–water partition coefficient (Wildman–Crippen LogP) is 4.08. The summed E-state index contributed by atoms with van der Waals surface area (Å²) < 4.78 is 0. The topological polar surface area (TPSA) is 12.0 Å². The van der Waals surface area contributed by atoms with Crippen molar-refractivity contribution in [2.75, 3.05) is 13.1 Å². The molecule has 0 aromatic carbocycles. The van der Waals surface area contributed by atoms with Gasteiger partial charge in [0.2, 0.25) is 0 Å². The Balaban J connectivity index is 3.66. The van der Waals surface area contributed by atoms with Crippen LogP contribution in [0.25, 0.3) is 0 Å². The molecular formula is C14H31N. The van der Waals surface area contributed by atoms with E-state index in [9.17, 15) is 0 Å². The fourth-order valence-electron chi connectivity index (χ4n) is 2.07. The van der Waals surface area contributed by atoms with Gasteiger partial charge < -0.3 is 5.32 Å². The zero-order valence-electron chi connectivity index (χ0n) is 11.9. The van der Waals surface area contributed by atoms with E-state index in [-0.39, 0.29) is 0 Å². The average molecular weight is 213 g/mol. The number of hydrogen-bond donors (Lipinski definition) is 1. The highest BCUT2D eigenvalue weighted by molar-refractivity contribution is 4.73. The summed E-state index contributed by atoms with van der Waals surface area (Å²) in [4.78, 5) is 0. The van der Waals surface area contributed by atoms with Gasteiger partial charge >= 0.3 is 0 Å². The minimum Gasteiger partial charge on any atom is -0.316 e. The molecule has 0 fully saturated rings. The molecule has 92 valence electrons. The van der Waals surface area contributed by atoms with Crippen molar-refractivity contribution in [3.63, 3.8) is 0 Å². The summed E-state index contributed by atoms with van der Waals surface area (Å²) in [6.07, 6.45) is 2.56. The second-order valence-electron chi connectivity index (χ2n) is 7.25. The monoisotopic (exact) mass is 213 g/mol. The Morgan fingerprint density at radius 1 is 1.00 bits per heavy atom. The van der Waals surface area contributed by atoms with Gasteiger partial charge in [0, 0.05) is 6.54 Å². The van der Waals surface area contributed by atoms with Crippen LogP contribution in [-0.2, 0) is 0 Å². The first kappa shape index (κ1) is 15.0. The van der Waals surface area contributed by atoms with E-state index in [2.05, 4.69) is 53.8 Å². The normalized spacial score (nSPS) is 13.6. The fourth-order valence-corrected chi connectivity index (χ4v) is 2.07. The molecule has 0 aliphatic rings. The molecule has 0 aromatic heterocycles. The molecule has 0 rings (SSSR count). The van der Waals surface area contributed by atoms with Crippen molar-refractivity contribution in [3.8, 4) is 0 Å². The number of hydrogen-bond acceptors (Lipinski definition) is 1. The molecule has 0 bridgehead atoms. The Kier molecular flexibility index (Phi) is 5.87. The van der Waals surface area contributed by atoms with Crippen molar-refractivity contribution in [2.24, 2.45) is 16.7 Å². The lowest BCUT2D eigenvalue weighted by atomic mass is 9.84. The lowest BCUT2D eigenvalue weighted by molar-refractivity contribution is 0.264. The minimum atomic E-state index is 0.437. The molecule has 0 unspecified atom stereocenters. The molecule has 0 saturated carbocycles. The smallest absolute Gasteiger partial charge is 0.000262 e. The SMILES string of the molecule is CC(C)CC(C)(C)CNCCC(C)(C)C. The van der Waals surface area contributed by atoms with Crippen LogP contribution in [0.15, 0.2) is 0 Å². The van der Waals surface area contributed by atoms with Crippen LogP contribution in [0.4, 0.5) is 0 Å². The molecule has 1 N–H and O–H groups in total. The van der Waals surface area contributed by atoms with Gasteiger partial charge in [0.05, 0.1) is 0 Å². The zero-order valence-corrected chi connectivity index (χ0v) is 11.9. The zero-order chi connectivity index (χ0) is 12.1. The van der Waals surface area contributed by atoms with Crippen LogP contribution >= 0.6 is 0 Å². The van der Waals surface area contributed by atoms with Crippen LogP contribution in [0.1, 0.15) is 61.3 Å². The van der Waals surface area contributed by atoms with Crippen molar-refractivity contribution in [1.82, 2.24) is 5.32 Å². The van der Waals surface area contributed by atoms with Gasteiger partial charge in [-0.25, -0.2) is 0 Å². The van der Waals surface area contributed by atoms with E-state index in [1.807, 2.05) is 0 Å². The highest BCUT2D eigenvalue weighted by atomic mass is 14.9. The van der Waals surface area contributed by atoms with Crippen LogP contribution in [0.5, 0.6) is 0 Å². The van der Waals surface area contributed by atoms with E-state index in [1.165, 1.54) is 12.8 Å². The Morgan fingerprint density at radius 2 is 1.53 bits per heavy atom. The quantitative estimate of drug-likeness (QED) is 0.655. The third-order valence-corrected chi connectivity index (χ3v) is 2.62. The molecule has 0 saturated heterocycles. The Labute approximate surface area is 97.0 Å². The van der Waals surface area contributed by atoms with E-state index >= 15 is 0 Å². The van der Waals surface area contributed by atoms with Crippen LogP contribution < -0.4 is 5.32 Å². The minimum absolute atomic E-state index is 0.437. The van der Waals surface area contributed by atoms with Gasteiger partial charge in [-0.1, -0.05) is 48.5 Å². The molecule has 0 radical (unpaired) electrons. The van der Waals surface area contributed by atoms with Crippen molar-refractivity contribution in [3.05, 3.63) is 0 Å². The lowest BCUT2D eigenvalue weighted by Crippen LogP contribution is -2.32. The first-order valence-electron chi connectivity index (χ1n) is 6.33. The summed E-state index contributed by atoms with van der Waals surface area (Å²) in [7, 11) is 0. The van der Waals surface area contributed by atoms with Crippen LogP contribution in [-0.4, -0.2) is 13.1 Å². The molecule has 1 heteroatoms. The summed E-state index contributed by atoms with van der Waals surface area (Å²) in [5.41, 5.74) is 0.890. The second-order valence-corrected chi connectivity index (χ2v) is 7.25. The molecular weight excluding hydrogens is 182 g/mol. The van der Waals surface area contributed by atoms with Gasteiger partial charge in [-0.2, -0.15) is 0 Å². The molecule has 0 heterocycles. The van der Waals surface area contributed by atoms with E-state index in [0.717, 1.165) is 19.0 Å². The number of nitrogens with one attached hydrogen (secondary N) is 1. The van der Waals surface area contributed by atoms with Gasteiger partial charge in [-0.15, -0.1) is 0 Å². The van der Waals surface area contributed by atoms with Gasteiger partial charge in [-0.05, 0) is 36.1 Å². The standard InChI is InChI=1S/C14H31N/c1-12(2)10-14(6,7)11-15-9-8-13(3,4)5/h12,15H,8-11H2,1-7H3.